The fraction of sp³-hybridized carbons (Fsp3) is 0.889. The maximum Gasteiger partial charge on any atom is 0.303 e. The van der Waals surface area contributed by atoms with E-state index in [0.717, 1.165) is 18.4 Å². The standard InChI is InChI=1S/C9H15NO2/c1-10-5-4-7-6(9(7)10)2-3-8(11)12/h6-7,9H,2-5H2,1H3,(H,11,12)/t6?,7-,9+/m1/s1. The zero-order valence-corrected chi connectivity index (χ0v) is 7.36. The molecule has 2 aliphatic rings. The highest BCUT2D eigenvalue weighted by Gasteiger charge is 2.55. The first-order valence-corrected chi connectivity index (χ1v) is 4.62. The summed E-state index contributed by atoms with van der Waals surface area (Å²) in [5, 5.41) is 8.51. The van der Waals surface area contributed by atoms with Gasteiger partial charge in [0, 0.05) is 12.5 Å². The maximum absolute atomic E-state index is 10.3. The summed E-state index contributed by atoms with van der Waals surface area (Å²) in [5.41, 5.74) is 0. The van der Waals surface area contributed by atoms with Gasteiger partial charge in [-0.1, -0.05) is 0 Å². The molecule has 1 N–H and O–H groups in total. The SMILES string of the molecule is CN1CC[C@@H]2C(CCC(=O)O)[C@@H]21. The number of aliphatic carboxylic acids is 1. The molecule has 1 heterocycles. The van der Waals surface area contributed by atoms with Crippen LogP contribution in [0.1, 0.15) is 19.3 Å². The summed E-state index contributed by atoms with van der Waals surface area (Å²) < 4.78 is 0. The van der Waals surface area contributed by atoms with Gasteiger partial charge in [-0.15, -0.1) is 0 Å². The van der Waals surface area contributed by atoms with E-state index in [0.29, 0.717) is 12.3 Å². The lowest BCUT2D eigenvalue weighted by Gasteiger charge is -2.11. The molecule has 3 heteroatoms. The Hall–Kier alpha value is -0.570. The number of hydrogen-bond acceptors (Lipinski definition) is 2. The van der Waals surface area contributed by atoms with Gasteiger partial charge >= 0.3 is 5.97 Å². The van der Waals surface area contributed by atoms with Gasteiger partial charge in [-0.2, -0.15) is 0 Å². The van der Waals surface area contributed by atoms with Gasteiger partial charge in [-0.05, 0) is 38.3 Å². The topological polar surface area (TPSA) is 40.5 Å². The first kappa shape index (κ1) is 8.05. The monoisotopic (exact) mass is 169 g/mol. The van der Waals surface area contributed by atoms with Crippen LogP contribution in [0.4, 0.5) is 0 Å². The molecular formula is C9H15NO2. The summed E-state index contributed by atoms with van der Waals surface area (Å²) in [4.78, 5) is 12.7. The lowest BCUT2D eigenvalue weighted by atomic mass is 10.1. The zero-order valence-electron chi connectivity index (χ0n) is 7.36. The molecule has 1 aliphatic carbocycles. The van der Waals surface area contributed by atoms with Crippen molar-refractivity contribution in [2.45, 2.75) is 25.3 Å². The van der Waals surface area contributed by atoms with Crippen LogP contribution in [-0.4, -0.2) is 35.6 Å². The van der Waals surface area contributed by atoms with Crippen LogP contribution in [0.5, 0.6) is 0 Å². The van der Waals surface area contributed by atoms with E-state index < -0.39 is 5.97 Å². The van der Waals surface area contributed by atoms with Crippen molar-refractivity contribution >= 4 is 5.97 Å². The fourth-order valence-electron chi connectivity index (χ4n) is 2.64. The highest BCUT2D eigenvalue weighted by atomic mass is 16.4. The number of rotatable bonds is 3. The number of piperidine rings is 1. The van der Waals surface area contributed by atoms with Gasteiger partial charge in [0.15, 0.2) is 0 Å². The minimum atomic E-state index is -0.650. The third-order valence-corrected chi connectivity index (χ3v) is 3.30. The van der Waals surface area contributed by atoms with Gasteiger partial charge in [0.2, 0.25) is 0 Å². The van der Waals surface area contributed by atoms with Crippen molar-refractivity contribution in [3.8, 4) is 0 Å². The van der Waals surface area contributed by atoms with E-state index in [4.69, 9.17) is 5.11 Å². The molecule has 2 rings (SSSR count). The second kappa shape index (κ2) is 2.73. The quantitative estimate of drug-likeness (QED) is 0.679. The summed E-state index contributed by atoms with van der Waals surface area (Å²) in [6.07, 6.45) is 2.52. The van der Waals surface area contributed by atoms with Gasteiger partial charge in [0.05, 0.1) is 0 Å². The minimum Gasteiger partial charge on any atom is -0.481 e. The summed E-state index contributed by atoms with van der Waals surface area (Å²) in [6.45, 7) is 1.21. The lowest BCUT2D eigenvalue weighted by molar-refractivity contribution is -0.137. The first-order chi connectivity index (χ1) is 5.70. The van der Waals surface area contributed by atoms with Crippen LogP contribution in [-0.2, 0) is 4.79 Å². The van der Waals surface area contributed by atoms with Crippen LogP contribution in [0.2, 0.25) is 0 Å². The van der Waals surface area contributed by atoms with E-state index in [1.165, 1.54) is 13.0 Å². The number of carboxylic acid groups (broad SMARTS) is 1. The molecule has 1 unspecified atom stereocenters. The van der Waals surface area contributed by atoms with Crippen molar-refractivity contribution in [3.63, 3.8) is 0 Å². The first-order valence-electron chi connectivity index (χ1n) is 4.62. The van der Waals surface area contributed by atoms with Crippen LogP contribution in [0.15, 0.2) is 0 Å². The number of hydrogen-bond donors (Lipinski definition) is 1. The summed E-state index contributed by atoms with van der Waals surface area (Å²) >= 11 is 0. The van der Waals surface area contributed by atoms with Crippen molar-refractivity contribution in [2.24, 2.45) is 11.8 Å². The van der Waals surface area contributed by atoms with Gasteiger partial charge in [0.25, 0.3) is 0 Å². The summed E-state index contributed by atoms with van der Waals surface area (Å²) in [7, 11) is 2.14. The van der Waals surface area contributed by atoms with Gasteiger partial charge in [0.1, 0.15) is 0 Å². The van der Waals surface area contributed by atoms with E-state index in [1.54, 1.807) is 0 Å². The predicted molar refractivity (Wildman–Crippen MR) is 44.9 cm³/mol. The Kier molecular flexibility index (Phi) is 1.83. The number of carboxylic acids is 1. The number of likely N-dealkylation sites (tertiary alicyclic amines) is 1. The molecule has 12 heavy (non-hydrogen) atoms. The Balaban J connectivity index is 1.77. The third-order valence-electron chi connectivity index (χ3n) is 3.30. The van der Waals surface area contributed by atoms with Crippen molar-refractivity contribution in [1.82, 2.24) is 4.90 Å². The van der Waals surface area contributed by atoms with E-state index >= 15 is 0 Å². The van der Waals surface area contributed by atoms with Crippen LogP contribution >= 0.6 is 0 Å². The third kappa shape index (κ3) is 1.22. The van der Waals surface area contributed by atoms with Crippen LogP contribution in [0.25, 0.3) is 0 Å². The molecule has 1 saturated carbocycles. The Morgan fingerprint density at radius 3 is 2.92 bits per heavy atom. The van der Waals surface area contributed by atoms with Crippen LogP contribution in [0, 0.1) is 11.8 Å². The summed E-state index contributed by atoms with van der Waals surface area (Å²) in [5.74, 6) is 0.872. The number of fused-ring (bicyclic) bond motifs is 1. The fourth-order valence-corrected chi connectivity index (χ4v) is 2.64. The second-order valence-electron chi connectivity index (χ2n) is 4.02. The van der Waals surface area contributed by atoms with E-state index in [1.807, 2.05) is 0 Å². The van der Waals surface area contributed by atoms with Crippen LogP contribution < -0.4 is 0 Å². The average Bonchev–Trinajstić information content (AvgIpc) is 2.58. The Bertz CT molecular complexity index is 205. The second-order valence-corrected chi connectivity index (χ2v) is 4.02. The molecule has 2 fully saturated rings. The van der Waals surface area contributed by atoms with Crippen molar-refractivity contribution in [2.75, 3.05) is 13.6 Å². The molecule has 0 radical (unpaired) electrons. The minimum absolute atomic E-state index is 0.353. The molecule has 0 aromatic carbocycles. The Morgan fingerprint density at radius 2 is 2.42 bits per heavy atom. The van der Waals surface area contributed by atoms with Crippen molar-refractivity contribution in [1.29, 1.82) is 0 Å². The molecule has 0 bridgehead atoms. The highest BCUT2D eigenvalue weighted by molar-refractivity contribution is 5.66. The Morgan fingerprint density at radius 1 is 1.67 bits per heavy atom. The number of nitrogens with zero attached hydrogens (tertiary/aromatic N) is 1. The van der Waals surface area contributed by atoms with E-state index in [2.05, 4.69) is 11.9 Å². The molecule has 3 nitrogen and oxygen atoms in total. The summed E-state index contributed by atoms with van der Waals surface area (Å²) in [6, 6.07) is 0.726. The predicted octanol–water partition coefficient (Wildman–Crippen LogP) is 0.801. The Labute approximate surface area is 72.4 Å². The molecule has 0 aromatic rings. The van der Waals surface area contributed by atoms with E-state index in [-0.39, 0.29) is 0 Å². The smallest absolute Gasteiger partial charge is 0.303 e. The van der Waals surface area contributed by atoms with Gasteiger partial charge < -0.3 is 10.0 Å². The van der Waals surface area contributed by atoms with E-state index in [9.17, 15) is 4.79 Å². The molecule has 3 atom stereocenters. The molecule has 1 saturated heterocycles. The lowest BCUT2D eigenvalue weighted by Crippen LogP contribution is -2.19. The maximum atomic E-state index is 10.3. The zero-order chi connectivity index (χ0) is 8.72. The molecular weight excluding hydrogens is 154 g/mol. The van der Waals surface area contributed by atoms with Crippen molar-refractivity contribution in [3.05, 3.63) is 0 Å². The van der Waals surface area contributed by atoms with Gasteiger partial charge in [-0.3, -0.25) is 4.79 Å². The normalized spacial score (nSPS) is 39.6. The molecule has 1 aliphatic heterocycles. The molecule has 0 amide bonds. The average molecular weight is 169 g/mol. The van der Waals surface area contributed by atoms with Crippen LogP contribution in [0.3, 0.4) is 0 Å². The largest absolute Gasteiger partial charge is 0.481 e. The van der Waals surface area contributed by atoms with Crippen molar-refractivity contribution < 1.29 is 9.90 Å². The number of carbonyl (C=O) groups is 1. The molecule has 0 spiro atoms. The molecule has 0 aromatic heterocycles. The molecule has 68 valence electrons. The van der Waals surface area contributed by atoms with Gasteiger partial charge in [-0.25, -0.2) is 0 Å². The highest BCUT2D eigenvalue weighted by Crippen LogP contribution is 2.52.